The van der Waals surface area contributed by atoms with Crippen LogP contribution >= 0.6 is 0 Å². The summed E-state index contributed by atoms with van der Waals surface area (Å²) in [5.41, 5.74) is 2.09. The highest BCUT2D eigenvalue weighted by Crippen LogP contribution is 2.37. The Morgan fingerprint density at radius 3 is 2.78 bits per heavy atom. The average Bonchev–Trinajstić information content (AvgIpc) is 3.21. The maximum absolute atomic E-state index is 12.1. The number of carbonyl (C=O) groups excluding carboxylic acids is 1. The summed E-state index contributed by atoms with van der Waals surface area (Å²) in [5, 5.41) is 6.35. The van der Waals surface area contributed by atoms with Gasteiger partial charge in [-0.25, -0.2) is 0 Å². The van der Waals surface area contributed by atoms with Crippen LogP contribution in [0.1, 0.15) is 32.3 Å². The Kier molecular flexibility index (Phi) is 4.37. The van der Waals surface area contributed by atoms with Crippen LogP contribution in [-0.2, 0) is 11.3 Å². The predicted molar refractivity (Wildman–Crippen MR) is 74.3 cm³/mol. The summed E-state index contributed by atoms with van der Waals surface area (Å²) in [6.45, 7) is 5.84. The van der Waals surface area contributed by atoms with Gasteiger partial charge in [0.1, 0.15) is 0 Å². The Bertz CT molecular complexity index is 413. The van der Waals surface area contributed by atoms with Gasteiger partial charge in [0.2, 0.25) is 5.91 Å². The fourth-order valence-electron chi connectivity index (χ4n) is 2.11. The summed E-state index contributed by atoms with van der Waals surface area (Å²) < 4.78 is 0. The largest absolute Gasteiger partial charge is 0.326 e. The molecule has 1 aromatic carbocycles. The summed E-state index contributed by atoms with van der Waals surface area (Å²) in [6, 6.07) is 8.00. The topological polar surface area (TPSA) is 41.1 Å². The molecule has 0 radical (unpaired) electrons. The van der Waals surface area contributed by atoms with Crippen molar-refractivity contribution < 1.29 is 4.79 Å². The first kappa shape index (κ1) is 13.1. The minimum atomic E-state index is 0.136. The highest BCUT2D eigenvalue weighted by Gasteiger charge is 2.32. The Labute approximate surface area is 109 Å². The van der Waals surface area contributed by atoms with E-state index in [2.05, 4.69) is 23.6 Å². The normalized spacial score (nSPS) is 16.3. The molecule has 0 spiro atoms. The molecule has 0 aromatic heterocycles. The zero-order valence-corrected chi connectivity index (χ0v) is 11.2. The molecule has 1 unspecified atom stereocenters. The molecular weight excluding hydrogens is 224 g/mol. The van der Waals surface area contributed by atoms with Crippen LogP contribution in [0.4, 0.5) is 5.69 Å². The molecule has 1 amide bonds. The number of nitrogens with one attached hydrogen (secondary N) is 2. The summed E-state index contributed by atoms with van der Waals surface area (Å²) >= 11 is 0. The van der Waals surface area contributed by atoms with Gasteiger partial charge in [0, 0.05) is 18.2 Å². The maximum atomic E-state index is 12.1. The van der Waals surface area contributed by atoms with Gasteiger partial charge in [0.05, 0.1) is 0 Å². The molecule has 3 nitrogen and oxygen atoms in total. The van der Waals surface area contributed by atoms with Crippen molar-refractivity contribution in [2.75, 3.05) is 11.9 Å². The van der Waals surface area contributed by atoms with Crippen LogP contribution in [0.25, 0.3) is 0 Å². The number of anilines is 1. The van der Waals surface area contributed by atoms with E-state index in [0.29, 0.717) is 5.92 Å². The zero-order valence-electron chi connectivity index (χ0n) is 11.2. The molecule has 1 aliphatic carbocycles. The van der Waals surface area contributed by atoms with Crippen LogP contribution in [0.2, 0.25) is 0 Å². The predicted octanol–water partition coefficient (Wildman–Crippen LogP) is 2.78. The first-order valence-electron chi connectivity index (χ1n) is 6.82. The van der Waals surface area contributed by atoms with Gasteiger partial charge in [0.15, 0.2) is 0 Å². The maximum Gasteiger partial charge on any atom is 0.227 e. The van der Waals surface area contributed by atoms with E-state index >= 15 is 0 Å². The lowest BCUT2D eigenvalue weighted by atomic mass is 10.1. The van der Waals surface area contributed by atoms with Gasteiger partial charge in [-0.15, -0.1) is 0 Å². The number of para-hydroxylation sites is 1. The van der Waals surface area contributed by atoms with Crippen molar-refractivity contribution in [2.24, 2.45) is 11.8 Å². The van der Waals surface area contributed by atoms with E-state index in [4.69, 9.17) is 0 Å². The fraction of sp³-hybridized carbons (Fsp3) is 0.533. The van der Waals surface area contributed by atoms with Crippen molar-refractivity contribution in [3.8, 4) is 0 Å². The van der Waals surface area contributed by atoms with E-state index in [9.17, 15) is 4.79 Å². The highest BCUT2D eigenvalue weighted by atomic mass is 16.1. The number of hydrogen-bond acceptors (Lipinski definition) is 2. The van der Waals surface area contributed by atoms with Crippen LogP contribution in [0, 0.1) is 11.8 Å². The van der Waals surface area contributed by atoms with Gasteiger partial charge in [0.25, 0.3) is 0 Å². The smallest absolute Gasteiger partial charge is 0.227 e. The lowest BCUT2D eigenvalue weighted by Gasteiger charge is -2.14. The third-order valence-electron chi connectivity index (χ3n) is 3.58. The number of hydrogen-bond donors (Lipinski definition) is 2. The third-order valence-corrected chi connectivity index (χ3v) is 3.58. The molecule has 1 aliphatic rings. The Balaban J connectivity index is 2.00. The van der Waals surface area contributed by atoms with Gasteiger partial charge in [-0.2, -0.15) is 0 Å². The Morgan fingerprint density at radius 1 is 1.39 bits per heavy atom. The molecular formula is C15H22N2O. The molecule has 1 saturated carbocycles. The van der Waals surface area contributed by atoms with E-state index in [1.807, 2.05) is 25.1 Å². The van der Waals surface area contributed by atoms with Gasteiger partial charge < -0.3 is 10.6 Å². The monoisotopic (exact) mass is 246 g/mol. The van der Waals surface area contributed by atoms with Crippen LogP contribution in [0.15, 0.2) is 24.3 Å². The average molecular weight is 246 g/mol. The van der Waals surface area contributed by atoms with Crippen molar-refractivity contribution in [1.82, 2.24) is 5.32 Å². The Morgan fingerprint density at radius 2 is 2.11 bits per heavy atom. The quantitative estimate of drug-likeness (QED) is 0.810. The molecule has 2 rings (SSSR count). The summed E-state index contributed by atoms with van der Waals surface area (Å²) in [5.74, 6) is 0.893. The Hall–Kier alpha value is -1.35. The van der Waals surface area contributed by atoms with Crippen molar-refractivity contribution >= 4 is 11.6 Å². The van der Waals surface area contributed by atoms with E-state index in [0.717, 1.165) is 24.3 Å². The minimum absolute atomic E-state index is 0.136. The summed E-state index contributed by atoms with van der Waals surface area (Å²) in [4.78, 5) is 12.1. The molecule has 98 valence electrons. The van der Waals surface area contributed by atoms with E-state index in [-0.39, 0.29) is 11.8 Å². The standard InChI is InChI=1S/C15H22N2O/c1-3-16-10-13-6-4-5-7-14(13)17-15(18)11(2)12-8-9-12/h4-7,11-12,16H,3,8-10H2,1-2H3,(H,17,18). The molecule has 1 aromatic rings. The van der Waals surface area contributed by atoms with E-state index < -0.39 is 0 Å². The van der Waals surface area contributed by atoms with Gasteiger partial charge >= 0.3 is 0 Å². The van der Waals surface area contributed by atoms with Crippen LogP contribution in [0.5, 0.6) is 0 Å². The van der Waals surface area contributed by atoms with Crippen molar-refractivity contribution in [1.29, 1.82) is 0 Å². The first-order chi connectivity index (χ1) is 8.72. The number of benzene rings is 1. The number of carbonyl (C=O) groups is 1. The second-order valence-electron chi connectivity index (χ2n) is 5.05. The lowest BCUT2D eigenvalue weighted by Crippen LogP contribution is -2.23. The van der Waals surface area contributed by atoms with E-state index in [1.54, 1.807) is 0 Å². The zero-order chi connectivity index (χ0) is 13.0. The summed E-state index contributed by atoms with van der Waals surface area (Å²) in [6.07, 6.45) is 2.40. The van der Waals surface area contributed by atoms with Gasteiger partial charge in [-0.05, 0) is 36.9 Å². The number of amides is 1. The third kappa shape index (κ3) is 3.33. The molecule has 3 heteroatoms. The highest BCUT2D eigenvalue weighted by molar-refractivity contribution is 5.93. The summed E-state index contributed by atoms with van der Waals surface area (Å²) in [7, 11) is 0. The number of rotatable bonds is 6. The first-order valence-corrected chi connectivity index (χ1v) is 6.82. The lowest BCUT2D eigenvalue weighted by molar-refractivity contribution is -0.119. The minimum Gasteiger partial charge on any atom is -0.326 e. The molecule has 0 saturated heterocycles. The molecule has 1 atom stereocenters. The van der Waals surface area contributed by atoms with Crippen molar-refractivity contribution in [3.63, 3.8) is 0 Å². The van der Waals surface area contributed by atoms with Crippen LogP contribution in [-0.4, -0.2) is 12.5 Å². The van der Waals surface area contributed by atoms with Crippen LogP contribution in [0.3, 0.4) is 0 Å². The SMILES string of the molecule is CCNCc1ccccc1NC(=O)C(C)C1CC1. The van der Waals surface area contributed by atoms with Gasteiger partial charge in [-0.3, -0.25) is 4.79 Å². The molecule has 0 heterocycles. The molecule has 18 heavy (non-hydrogen) atoms. The second-order valence-corrected chi connectivity index (χ2v) is 5.05. The molecule has 2 N–H and O–H groups in total. The molecule has 1 fully saturated rings. The molecule has 0 aliphatic heterocycles. The fourth-order valence-corrected chi connectivity index (χ4v) is 2.11. The van der Waals surface area contributed by atoms with Gasteiger partial charge in [-0.1, -0.05) is 32.0 Å². The van der Waals surface area contributed by atoms with Crippen molar-refractivity contribution in [3.05, 3.63) is 29.8 Å². The van der Waals surface area contributed by atoms with Crippen molar-refractivity contribution in [2.45, 2.75) is 33.2 Å². The second kappa shape index (κ2) is 6.01. The van der Waals surface area contributed by atoms with Crippen LogP contribution < -0.4 is 10.6 Å². The molecule has 0 bridgehead atoms. The van der Waals surface area contributed by atoms with E-state index in [1.165, 1.54) is 12.8 Å².